The van der Waals surface area contributed by atoms with Crippen molar-refractivity contribution in [2.24, 2.45) is 0 Å². The molecule has 2 N–H and O–H groups in total. The summed E-state index contributed by atoms with van der Waals surface area (Å²) < 4.78 is 5.33. The van der Waals surface area contributed by atoms with Crippen LogP contribution in [-0.2, 0) is 4.79 Å². The molecule has 0 saturated heterocycles. The molecular weight excluding hydrogens is 272 g/mol. The molecule has 1 aromatic rings. The fraction of sp³-hybridized carbons (Fsp3) is 0.467. The Morgan fingerprint density at radius 3 is 2.90 bits per heavy atom. The van der Waals surface area contributed by atoms with E-state index in [9.17, 15) is 9.59 Å². The van der Waals surface area contributed by atoms with Gasteiger partial charge in [0.1, 0.15) is 5.75 Å². The van der Waals surface area contributed by atoms with Crippen LogP contribution in [0.4, 0.5) is 5.69 Å². The number of anilines is 1. The number of aliphatic hydroxyl groups excluding tert-OH is 1. The van der Waals surface area contributed by atoms with Crippen molar-refractivity contribution < 1.29 is 19.4 Å². The number of aliphatic hydroxyl groups is 1. The molecule has 0 aromatic heterocycles. The maximum atomic E-state index is 12.6. The molecule has 3 rings (SSSR count). The minimum Gasteiger partial charge on any atom is -0.482 e. The summed E-state index contributed by atoms with van der Waals surface area (Å²) in [5, 5.41) is 11.9. The average Bonchev–Trinajstić information content (AvgIpc) is 2.43. The molecule has 2 amide bonds. The van der Waals surface area contributed by atoms with Crippen LogP contribution in [0, 0.1) is 0 Å². The Hall–Kier alpha value is -2.08. The van der Waals surface area contributed by atoms with Gasteiger partial charge >= 0.3 is 0 Å². The third-order valence-electron chi connectivity index (χ3n) is 3.98. The van der Waals surface area contributed by atoms with Crippen LogP contribution in [0.5, 0.6) is 5.75 Å². The van der Waals surface area contributed by atoms with Crippen molar-refractivity contribution in [3.8, 4) is 5.75 Å². The fourth-order valence-electron chi connectivity index (χ4n) is 2.63. The van der Waals surface area contributed by atoms with Gasteiger partial charge in [0.25, 0.3) is 11.8 Å². The highest BCUT2D eigenvalue weighted by molar-refractivity contribution is 5.99. The van der Waals surface area contributed by atoms with E-state index >= 15 is 0 Å². The molecule has 1 aromatic carbocycles. The Balaban J connectivity index is 1.81. The van der Waals surface area contributed by atoms with Crippen LogP contribution in [0.1, 0.15) is 29.6 Å². The zero-order valence-electron chi connectivity index (χ0n) is 11.7. The second kappa shape index (κ2) is 5.73. The van der Waals surface area contributed by atoms with Gasteiger partial charge in [-0.3, -0.25) is 9.59 Å². The zero-order valence-corrected chi connectivity index (χ0v) is 11.7. The molecule has 2 aliphatic rings. The van der Waals surface area contributed by atoms with Gasteiger partial charge in [-0.15, -0.1) is 0 Å². The largest absolute Gasteiger partial charge is 0.482 e. The van der Waals surface area contributed by atoms with Crippen molar-refractivity contribution in [3.05, 3.63) is 23.8 Å². The molecule has 0 atom stereocenters. The number of hydrogen-bond donors (Lipinski definition) is 2. The van der Waals surface area contributed by atoms with E-state index in [2.05, 4.69) is 5.32 Å². The van der Waals surface area contributed by atoms with E-state index in [1.165, 1.54) is 0 Å². The first-order valence-corrected chi connectivity index (χ1v) is 7.17. The molecule has 1 fully saturated rings. The average molecular weight is 290 g/mol. The first kappa shape index (κ1) is 13.9. The number of rotatable bonds is 4. The van der Waals surface area contributed by atoms with E-state index in [0.717, 1.165) is 19.3 Å². The first-order valence-electron chi connectivity index (χ1n) is 7.17. The molecule has 0 unspecified atom stereocenters. The van der Waals surface area contributed by atoms with Gasteiger partial charge in [0.15, 0.2) is 6.61 Å². The summed E-state index contributed by atoms with van der Waals surface area (Å²) in [7, 11) is 0. The van der Waals surface area contributed by atoms with Gasteiger partial charge in [-0.2, -0.15) is 0 Å². The van der Waals surface area contributed by atoms with Crippen molar-refractivity contribution in [1.82, 2.24) is 4.90 Å². The highest BCUT2D eigenvalue weighted by Gasteiger charge is 2.29. The van der Waals surface area contributed by atoms with Crippen LogP contribution in [0.25, 0.3) is 0 Å². The van der Waals surface area contributed by atoms with Crippen molar-refractivity contribution in [1.29, 1.82) is 0 Å². The van der Waals surface area contributed by atoms with Gasteiger partial charge in [-0.1, -0.05) is 0 Å². The van der Waals surface area contributed by atoms with Crippen molar-refractivity contribution in [2.75, 3.05) is 25.1 Å². The topological polar surface area (TPSA) is 78.9 Å². The summed E-state index contributed by atoms with van der Waals surface area (Å²) in [4.78, 5) is 25.6. The number of nitrogens with one attached hydrogen (secondary N) is 1. The van der Waals surface area contributed by atoms with Gasteiger partial charge in [-0.25, -0.2) is 0 Å². The van der Waals surface area contributed by atoms with Crippen LogP contribution >= 0.6 is 0 Å². The third-order valence-corrected chi connectivity index (χ3v) is 3.98. The SMILES string of the molecule is O=C1COc2cc(C(=O)N(CCO)C3CCC3)ccc2N1. The Morgan fingerprint density at radius 1 is 1.43 bits per heavy atom. The van der Waals surface area contributed by atoms with Gasteiger partial charge in [0.05, 0.1) is 12.3 Å². The van der Waals surface area contributed by atoms with Crippen LogP contribution in [0.3, 0.4) is 0 Å². The third kappa shape index (κ3) is 2.71. The molecule has 112 valence electrons. The van der Waals surface area contributed by atoms with Gasteiger partial charge < -0.3 is 20.1 Å². The zero-order chi connectivity index (χ0) is 14.8. The maximum Gasteiger partial charge on any atom is 0.262 e. The number of nitrogens with zero attached hydrogens (tertiary/aromatic N) is 1. The van der Waals surface area contributed by atoms with Crippen LogP contribution < -0.4 is 10.1 Å². The van der Waals surface area contributed by atoms with E-state index in [4.69, 9.17) is 9.84 Å². The fourth-order valence-corrected chi connectivity index (χ4v) is 2.63. The summed E-state index contributed by atoms with van der Waals surface area (Å²) in [5.74, 6) is 0.216. The summed E-state index contributed by atoms with van der Waals surface area (Å²) in [6.07, 6.45) is 3.10. The number of carbonyl (C=O) groups is 2. The molecule has 1 aliphatic carbocycles. The number of fused-ring (bicyclic) bond motifs is 1. The molecule has 0 radical (unpaired) electrons. The molecule has 1 saturated carbocycles. The van der Waals surface area contributed by atoms with E-state index in [-0.39, 0.29) is 31.1 Å². The van der Waals surface area contributed by atoms with Crippen LogP contribution in [0.2, 0.25) is 0 Å². The summed E-state index contributed by atoms with van der Waals surface area (Å²) in [5.41, 5.74) is 1.10. The Kier molecular flexibility index (Phi) is 3.79. The van der Waals surface area contributed by atoms with E-state index in [1.54, 1.807) is 23.1 Å². The van der Waals surface area contributed by atoms with Gasteiger partial charge in [-0.05, 0) is 37.5 Å². The molecule has 21 heavy (non-hydrogen) atoms. The lowest BCUT2D eigenvalue weighted by Crippen LogP contribution is -2.45. The lowest BCUT2D eigenvalue weighted by Gasteiger charge is -2.37. The maximum absolute atomic E-state index is 12.6. The summed E-state index contributed by atoms with van der Waals surface area (Å²) in [6.45, 7) is 0.269. The molecule has 1 heterocycles. The lowest BCUT2D eigenvalue weighted by molar-refractivity contribution is -0.118. The van der Waals surface area contributed by atoms with E-state index in [0.29, 0.717) is 23.5 Å². The number of benzene rings is 1. The Morgan fingerprint density at radius 2 is 2.24 bits per heavy atom. The number of hydrogen-bond acceptors (Lipinski definition) is 4. The molecule has 0 spiro atoms. The van der Waals surface area contributed by atoms with E-state index < -0.39 is 0 Å². The minimum atomic E-state index is -0.196. The molecule has 6 nitrogen and oxygen atoms in total. The van der Waals surface area contributed by atoms with Gasteiger partial charge in [0, 0.05) is 18.2 Å². The predicted octanol–water partition coefficient (Wildman–Crippen LogP) is 1.00. The standard InChI is InChI=1S/C15H18N2O4/c18-7-6-17(11-2-1-3-11)15(20)10-4-5-12-13(8-10)21-9-14(19)16-12/h4-5,8,11,18H,1-3,6-7,9H2,(H,16,19). The quantitative estimate of drug-likeness (QED) is 0.867. The molecule has 0 bridgehead atoms. The number of ether oxygens (including phenoxy) is 1. The summed E-state index contributed by atoms with van der Waals surface area (Å²) in [6, 6.07) is 5.23. The smallest absolute Gasteiger partial charge is 0.262 e. The minimum absolute atomic E-state index is 0.0341. The monoisotopic (exact) mass is 290 g/mol. The van der Waals surface area contributed by atoms with Crippen molar-refractivity contribution >= 4 is 17.5 Å². The van der Waals surface area contributed by atoms with Crippen LogP contribution in [0.15, 0.2) is 18.2 Å². The van der Waals surface area contributed by atoms with Gasteiger partial charge in [0.2, 0.25) is 0 Å². The van der Waals surface area contributed by atoms with Crippen LogP contribution in [-0.4, -0.2) is 47.6 Å². The highest BCUT2D eigenvalue weighted by atomic mass is 16.5. The highest BCUT2D eigenvalue weighted by Crippen LogP contribution is 2.31. The Bertz CT molecular complexity index is 569. The van der Waals surface area contributed by atoms with Crippen molar-refractivity contribution in [3.63, 3.8) is 0 Å². The normalized spacial score (nSPS) is 17.3. The lowest BCUT2D eigenvalue weighted by atomic mass is 9.91. The van der Waals surface area contributed by atoms with E-state index in [1.807, 2.05) is 0 Å². The van der Waals surface area contributed by atoms with Crippen molar-refractivity contribution in [2.45, 2.75) is 25.3 Å². The predicted molar refractivity (Wildman–Crippen MR) is 76.3 cm³/mol. The number of carbonyl (C=O) groups excluding carboxylic acids is 2. The number of amides is 2. The Labute approximate surface area is 122 Å². The first-order chi connectivity index (χ1) is 10.2. The molecule has 6 heteroatoms. The molecular formula is C15H18N2O4. The summed E-state index contributed by atoms with van der Waals surface area (Å²) >= 11 is 0. The molecule has 1 aliphatic heterocycles. The second-order valence-electron chi connectivity index (χ2n) is 5.35. The second-order valence-corrected chi connectivity index (χ2v) is 5.35.